The lowest BCUT2D eigenvalue weighted by Crippen LogP contribution is -2.28. The van der Waals surface area contributed by atoms with Gasteiger partial charge in [-0.15, -0.1) is 0 Å². The van der Waals surface area contributed by atoms with Crippen molar-refractivity contribution in [3.8, 4) is 5.75 Å². The Morgan fingerprint density at radius 1 is 1.11 bits per heavy atom. The van der Waals surface area contributed by atoms with Gasteiger partial charge in [0, 0.05) is 40.5 Å². The van der Waals surface area contributed by atoms with Crippen molar-refractivity contribution in [2.24, 2.45) is 0 Å². The molecule has 0 atom stereocenters. The van der Waals surface area contributed by atoms with E-state index in [0.29, 0.717) is 12.4 Å². The fourth-order valence-electron chi connectivity index (χ4n) is 1.84. The molecule has 4 heteroatoms. The van der Waals surface area contributed by atoms with Gasteiger partial charge in [0.1, 0.15) is 5.75 Å². The van der Waals surface area contributed by atoms with E-state index < -0.39 is 0 Å². The van der Waals surface area contributed by atoms with E-state index in [9.17, 15) is 5.11 Å². The van der Waals surface area contributed by atoms with Crippen molar-refractivity contribution in [1.82, 2.24) is 4.90 Å². The Morgan fingerprint density at radius 3 is 2.56 bits per heavy atom. The second kappa shape index (κ2) is 8.91. The largest absolute Gasteiger partial charge is 0.508 e. The van der Waals surface area contributed by atoms with Crippen LogP contribution in [0, 0.1) is 0 Å². The number of aromatic hydroxyl groups is 1. The summed E-state index contributed by atoms with van der Waals surface area (Å²) < 4.78 is 10.2. The van der Waals surface area contributed by atoms with Crippen molar-refractivity contribution in [1.29, 1.82) is 0 Å². The number of phenols is 1. The third kappa shape index (κ3) is 6.00. The molecule has 1 aromatic rings. The zero-order valence-electron chi connectivity index (χ0n) is 11.3. The molecule has 0 bridgehead atoms. The second-order valence-electron chi connectivity index (χ2n) is 4.29. The predicted octanol–water partition coefficient (Wildman–Crippen LogP) is 1.88. The molecule has 0 spiro atoms. The van der Waals surface area contributed by atoms with E-state index in [1.165, 1.54) is 0 Å². The van der Waals surface area contributed by atoms with Gasteiger partial charge in [0.25, 0.3) is 0 Å². The number of hydrogen-bond donors (Lipinski definition) is 1. The second-order valence-corrected chi connectivity index (χ2v) is 4.29. The van der Waals surface area contributed by atoms with Crippen molar-refractivity contribution in [2.75, 3.05) is 40.5 Å². The van der Waals surface area contributed by atoms with Crippen LogP contribution in [0.3, 0.4) is 0 Å². The van der Waals surface area contributed by atoms with E-state index in [1.54, 1.807) is 26.4 Å². The molecule has 0 aromatic heterocycles. The van der Waals surface area contributed by atoms with Gasteiger partial charge in [0.15, 0.2) is 0 Å². The molecule has 0 unspecified atom stereocenters. The molecule has 1 aromatic carbocycles. The van der Waals surface area contributed by atoms with Gasteiger partial charge in [-0.25, -0.2) is 0 Å². The highest BCUT2D eigenvalue weighted by Crippen LogP contribution is 2.13. The lowest BCUT2D eigenvalue weighted by molar-refractivity contribution is 0.129. The lowest BCUT2D eigenvalue weighted by atomic mass is 10.2. The number of phenolic OH excluding ortho intramolecular Hbond substituents is 1. The van der Waals surface area contributed by atoms with Gasteiger partial charge >= 0.3 is 0 Å². The van der Waals surface area contributed by atoms with Crippen LogP contribution in [-0.2, 0) is 16.0 Å². The monoisotopic (exact) mass is 253 g/mol. The third-order valence-electron chi connectivity index (χ3n) is 2.75. The van der Waals surface area contributed by atoms with Crippen LogP contribution in [0.2, 0.25) is 0 Å². The lowest BCUT2D eigenvalue weighted by Gasteiger charge is -2.22. The SMILES string of the molecule is COCCCN(CCOC)Cc1cccc(O)c1. The molecule has 1 N–H and O–H groups in total. The van der Waals surface area contributed by atoms with Crippen LogP contribution in [0.15, 0.2) is 24.3 Å². The standard InChI is InChI=1S/C14H23NO3/c1-17-9-4-7-15(8-10-18-2)12-13-5-3-6-14(16)11-13/h3,5-6,11,16H,4,7-10,12H2,1-2H3. The molecule has 18 heavy (non-hydrogen) atoms. The molecule has 0 saturated carbocycles. The van der Waals surface area contributed by atoms with E-state index in [1.807, 2.05) is 12.1 Å². The Kier molecular flexibility index (Phi) is 7.41. The van der Waals surface area contributed by atoms with E-state index >= 15 is 0 Å². The number of rotatable bonds is 9. The molecule has 0 heterocycles. The maximum absolute atomic E-state index is 9.45. The summed E-state index contributed by atoms with van der Waals surface area (Å²) in [5.74, 6) is 0.316. The number of hydrogen-bond acceptors (Lipinski definition) is 4. The quantitative estimate of drug-likeness (QED) is 0.682. The van der Waals surface area contributed by atoms with E-state index in [2.05, 4.69) is 4.90 Å². The van der Waals surface area contributed by atoms with Gasteiger partial charge in [-0.2, -0.15) is 0 Å². The van der Waals surface area contributed by atoms with Crippen molar-refractivity contribution in [3.05, 3.63) is 29.8 Å². The van der Waals surface area contributed by atoms with Crippen LogP contribution in [0.1, 0.15) is 12.0 Å². The van der Waals surface area contributed by atoms with Crippen molar-refractivity contribution in [3.63, 3.8) is 0 Å². The molecule has 0 aliphatic heterocycles. The number of nitrogens with zero attached hydrogens (tertiary/aromatic N) is 1. The minimum atomic E-state index is 0.316. The molecule has 0 aliphatic carbocycles. The van der Waals surface area contributed by atoms with Crippen LogP contribution in [-0.4, -0.2) is 50.5 Å². The predicted molar refractivity (Wildman–Crippen MR) is 71.8 cm³/mol. The first-order chi connectivity index (χ1) is 8.76. The zero-order chi connectivity index (χ0) is 13.2. The van der Waals surface area contributed by atoms with E-state index in [-0.39, 0.29) is 0 Å². The van der Waals surface area contributed by atoms with Crippen LogP contribution in [0.5, 0.6) is 5.75 Å². The highest BCUT2D eigenvalue weighted by Gasteiger charge is 2.06. The van der Waals surface area contributed by atoms with Crippen LogP contribution < -0.4 is 0 Å². The topological polar surface area (TPSA) is 41.9 Å². The molecule has 4 nitrogen and oxygen atoms in total. The van der Waals surface area contributed by atoms with Gasteiger partial charge in [-0.3, -0.25) is 4.90 Å². The van der Waals surface area contributed by atoms with Gasteiger partial charge in [0.2, 0.25) is 0 Å². The Hall–Kier alpha value is -1.10. The average molecular weight is 253 g/mol. The van der Waals surface area contributed by atoms with Crippen LogP contribution in [0.25, 0.3) is 0 Å². The summed E-state index contributed by atoms with van der Waals surface area (Å²) in [6.45, 7) is 4.15. The van der Waals surface area contributed by atoms with Crippen LogP contribution in [0.4, 0.5) is 0 Å². The van der Waals surface area contributed by atoms with Crippen LogP contribution >= 0.6 is 0 Å². The normalized spacial score (nSPS) is 11.1. The Bertz CT molecular complexity index is 331. The van der Waals surface area contributed by atoms with Gasteiger partial charge < -0.3 is 14.6 Å². The minimum absolute atomic E-state index is 0.316. The molecule has 0 saturated heterocycles. The summed E-state index contributed by atoms with van der Waals surface area (Å²) in [4.78, 5) is 2.30. The molecule has 0 aliphatic rings. The number of benzene rings is 1. The molecule has 0 fully saturated rings. The average Bonchev–Trinajstić information content (AvgIpc) is 2.36. The Morgan fingerprint density at radius 2 is 1.89 bits per heavy atom. The van der Waals surface area contributed by atoms with E-state index in [0.717, 1.165) is 38.2 Å². The number of methoxy groups -OCH3 is 2. The zero-order valence-corrected chi connectivity index (χ0v) is 11.3. The summed E-state index contributed by atoms with van der Waals surface area (Å²) in [5.41, 5.74) is 1.11. The summed E-state index contributed by atoms with van der Waals surface area (Å²) in [6.07, 6.45) is 0.999. The minimum Gasteiger partial charge on any atom is -0.508 e. The highest BCUT2D eigenvalue weighted by atomic mass is 16.5. The summed E-state index contributed by atoms with van der Waals surface area (Å²) in [5, 5.41) is 9.45. The molecular formula is C14H23NO3. The maximum Gasteiger partial charge on any atom is 0.115 e. The van der Waals surface area contributed by atoms with E-state index in [4.69, 9.17) is 9.47 Å². The first kappa shape index (κ1) is 15.0. The van der Waals surface area contributed by atoms with Gasteiger partial charge in [-0.1, -0.05) is 12.1 Å². The summed E-state index contributed by atoms with van der Waals surface area (Å²) in [7, 11) is 3.43. The molecular weight excluding hydrogens is 230 g/mol. The first-order valence-electron chi connectivity index (χ1n) is 6.24. The smallest absolute Gasteiger partial charge is 0.115 e. The fraction of sp³-hybridized carbons (Fsp3) is 0.571. The highest BCUT2D eigenvalue weighted by molar-refractivity contribution is 5.26. The Balaban J connectivity index is 2.48. The number of ether oxygens (including phenoxy) is 2. The maximum atomic E-state index is 9.45. The van der Waals surface area contributed by atoms with Gasteiger partial charge in [0.05, 0.1) is 6.61 Å². The molecule has 0 amide bonds. The molecule has 102 valence electrons. The van der Waals surface area contributed by atoms with Crippen molar-refractivity contribution in [2.45, 2.75) is 13.0 Å². The van der Waals surface area contributed by atoms with Crippen molar-refractivity contribution < 1.29 is 14.6 Å². The third-order valence-corrected chi connectivity index (χ3v) is 2.75. The summed E-state index contributed by atoms with van der Waals surface area (Å²) in [6, 6.07) is 7.38. The first-order valence-corrected chi connectivity index (χ1v) is 6.24. The van der Waals surface area contributed by atoms with Crippen molar-refractivity contribution >= 4 is 0 Å². The molecule has 0 radical (unpaired) electrons. The summed E-state index contributed by atoms with van der Waals surface area (Å²) >= 11 is 0. The Labute approximate surface area is 109 Å². The molecule has 1 rings (SSSR count). The van der Waals surface area contributed by atoms with Gasteiger partial charge in [-0.05, 0) is 24.1 Å². The fourth-order valence-corrected chi connectivity index (χ4v) is 1.84.